The van der Waals surface area contributed by atoms with Gasteiger partial charge in [0.1, 0.15) is 0 Å². The summed E-state index contributed by atoms with van der Waals surface area (Å²) >= 11 is 0. The van der Waals surface area contributed by atoms with Crippen LogP contribution in [0.4, 0.5) is 0 Å². The minimum atomic E-state index is -3.48. The maximum Gasteiger partial charge on any atom is 0.243 e. The number of pyridine rings is 1. The van der Waals surface area contributed by atoms with Crippen molar-refractivity contribution in [3.63, 3.8) is 0 Å². The zero-order valence-electron chi connectivity index (χ0n) is 14.2. The van der Waals surface area contributed by atoms with Crippen LogP contribution in [0.2, 0.25) is 0 Å². The normalized spacial score (nSPS) is 15.7. The molecule has 0 unspecified atom stereocenters. The second-order valence-corrected chi connectivity index (χ2v) is 8.15. The van der Waals surface area contributed by atoms with E-state index in [1.54, 1.807) is 36.7 Å². The molecule has 26 heavy (non-hydrogen) atoms. The number of sulfonamides is 1. The molecule has 0 spiro atoms. The summed E-state index contributed by atoms with van der Waals surface area (Å²) in [7, 11) is -3.48. The highest BCUT2D eigenvalue weighted by Gasteiger charge is 2.40. The van der Waals surface area contributed by atoms with E-state index in [1.165, 1.54) is 4.31 Å². The molecule has 0 aliphatic carbocycles. The van der Waals surface area contributed by atoms with Crippen molar-refractivity contribution in [1.29, 1.82) is 0 Å². The van der Waals surface area contributed by atoms with Crippen molar-refractivity contribution in [2.75, 3.05) is 13.1 Å². The van der Waals surface area contributed by atoms with Crippen LogP contribution in [0, 0.1) is 0 Å². The Bertz CT molecular complexity index is 994. The molecule has 4 rings (SSSR count). The molecule has 3 aromatic rings. The van der Waals surface area contributed by atoms with E-state index in [2.05, 4.69) is 15.1 Å². The van der Waals surface area contributed by atoms with E-state index in [0.29, 0.717) is 29.7 Å². The first kappa shape index (κ1) is 16.9. The molecule has 2 aromatic heterocycles. The molecule has 0 N–H and O–H groups in total. The summed E-state index contributed by atoms with van der Waals surface area (Å²) in [6.07, 6.45) is 4.20. The van der Waals surface area contributed by atoms with Gasteiger partial charge in [-0.25, -0.2) is 8.42 Å². The third kappa shape index (κ3) is 3.02. The first-order chi connectivity index (χ1) is 12.6. The van der Waals surface area contributed by atoms with Gasteiger partial charge in [-0.3, -0.25) is 4.98 Å². The quantitative estimate of drug-likeness (QED) is 0.685. The van der Waals surface area contributed by atoms with Gasteiger partial charge < -0.3 is 4.52 Å². The number of aromatic nitrogens is 3. The van der Waals surface area contributed by atoms with E-state index in [9.17, 15) is 8.42 Å². The average Bonchev–Trinajstić information content (AvgIpc) is 3.10. The molecule has 0 radical (unpaired) electrons. The van der Waals surface area contributed by atoms with Crippen molar-refractivity contribution in [1.82, 2.24) is 19.4 Å². The first-order valence-electron chi connectivity index (χ1n) is 8.41. The monoisotopic (exact) mass is 370 g/mol. The average molecular weight is 370 g/mol. The summed E-state index contributed by atoms with van der Waals surface area (Å²) in [5, 5.41) is 3.97. The number of nitrogens with zero attached hydrogens (tertiary/aromatic N) is 4. The van der Waals surface area contributed by atoms with E-state index in [1.807, 2.05) is 19.1 Å². The summed E-state index contributed by atoms with van der Waals surface area (Å²) in [6, 6.07) is 10.6. The Morgan fingerprint density at radius 1 is 1.12 bits per heavy atom. The zero-order valence-corrected chi connectivity index (χ0v) is 15.1. The van der Waals surface area contributed by atoms with Gasteiger partial charge in [-0.2, -0.15) is 9.29 Å². The number of aryl methyl sites for hydroxylation is 1. The van der Waals surface area contributed by atoms with Crippen LogP contribution in [0.25, 0.3) is 11.4 Å². The summed E-state index contributed by atoms with van der Waals surface area (Å²) in [4.78, 5) is 8.66. The summed E-state index contributed by atoms with van der Waals surface area (Å²) in [6.45, 7) is 2.72. The molecule has 3 heterocycles. The third-order valence-electron chi connectivity index (χ3n) is 4.55. The van der Waals surface area contributed by atoms with Gasteiger partial charge in [0.05, 0.1) is 10.8 Å². The van der Waals surface area contributed by atoms with Crippen LogP contribution in [0.3, 0.4) is 0 Å². The highest BCUT2D eigenvalue weighted by atomic mass is 32.2. The molecule has 1 aromatic carbocycles. The van der Waals surface area contributed by atoms with Gasteiger partial charge in [-0.1, -0.05) is 24.2 Å². The largest absolute Gasteiger partial charge is 0.339 e. The first-order valence-corrected chi connectivity index (χ1v) is 9.85. The van der Waals surface area contributed by atoms with Crippen LogP contribution >= 0.6 is 0 Å². The molecule has 1 saturated heterocycles. The van der Waals surface area contributed by atoms with Gasteiger partial charge in [0, 0.05) is 31.0 Å². The van der Waals surface area contributed by atoms with Gasteiger partial charge in [0.15, 0.2) is 0 Å². The van der Waals surface area contributed by atoms with Crippen LogP contribution in [-0.2, 0) is 16.4 Å². The van der Waals surface area contributed by atoms with Crippen molar-refractivity contribution >= 4 is 10.0 Å². The minimum Gasteiger partial charge on any atom is -0.339 e. The molecule has 1 aliphatic rings. The van der Waals surface area contributed by atoms with Crippen molar-refractivity contribution in [2.24, 2.45) is 0 Å². The Balaban J connectivity index is 1.46. The van der Waals surface area contributed by atoms with Crippen molar-refractivity contribution in [2.45, 2.75) is 24.2 Å². The molecule has 0 bridgehead atoms. The lowest BCUT2D eigenvalue weighted by Crippen LogP contribution is -2.48. The Hall–Kier alpha value is -2.58. The fourth-order valence-corrected chi connectivity index (χ4v) is 4.39. The second-order valence-electron chi connectivity index (χ2n) is 6.21. The molecule has 1 aliphatic heterocycles. The Morgan fingerprint density at radius 2 is 1.81 bits per heavy atom. The fourth-order valence-electron chi connectivity index (χ4n) is 2.86. The van der Waals surface area contributed by atoms with Gasteiger partial charge in [0.25, 0.3) is 0 Å². The lowest BCUT2D eigenvalue weighted by molar-refractivity contribution is 0.217. The third-order valence-corrected chi connectivity index (χ3v) is 6.39. The van der Waals surface area contributed by atoms with Gasteiger partial charge in [-0.15, -0.1) is 0 Å². The van der Waals surface area contributed by atoms with E-state index in [4.69, 9.17) is 4.52 Å². The van der Waals surface area contributed by atoms with Crippen LogP contribution in [0.1, 0.15) is 24.3 Å². The predicted molar refractivity (Wildman–Crippen MR) is 94.8 cm³/mol. The minimum absolute atomic E-state index is 0.0808. The van der Waals surface area contributed by atoms with E-state index in [0.717, 1.165) is 17.5 Å². The predicted octanol–water partition coefficient (Wildman–Crippen LogP) is 2.48. The van der Waals surface area contributed by atoms with Gasteiger partial charge in [-0.05, 0) is 36.2 Å². The summed E-state index contributed by atoms with van der Waals surface area (Å²) < 4.78 is 32.1. The van der Waals surface area contributed by atoms with Crippen LogP contribution < -0.4 is 0 Å². The smallest absolute Gasteiger partial charge is 0.243 e. The molecule has 0 amide bonds. The topological polar surface area (TPSA) is 89.2 Å². The number of rotatable bonds is 5. The van der Waals surface area contributed by atoms with Crippen molar-refractivity contribution < 1.29 is 12.9 Å². The summed E-state index contributed by atoms with van der Waals surface area (Å²) in [5.74, 6) is 0.867. The maximum absolute atomic E-state index is 12.7. The highest BCUT2D eigenvalue weighted by Crippen LogP contribution is 2.32. The molecule has 134 valence electrons. The Labute approximate surface area is 151 Å². The highest BCUT2D eigenvalue weighted by molar-refractivity contribution is 7.89. The fraction of sp³-hybridized carbons (Fsp3) is 0.278. The molecular formula is C18H18N4O3S. The number of hydrogen-bond acceptors (Lipinski definition) is 6. The molecule has 0 atom stereocenters. The number of benzene rings is 1. The van der Waals surface area contributed by atoms with Gasteiger partial charge >= 0.3 is 0 Å². The molecule has 7 nitrogen and oxygen atoms in total. The molecular weight excluding hydrogens is 352 g/mol. The Kier molecular flexibility index (Phi) is 4.29. The SMILES string of the molecule is CCc1ccc(S(=O)(=O)N2CC(c3nc(-c4ccncc4)no3)C2)cc1. The summed E-state index contributed by atoms with van der Waals surface area (Å²) in [5.41, 5.74) is 1.93. The van der Waals surface area contributed by atoms with Crippen molar-refractivity contribution in [3.8, 4) is 11.4 Å². The molecule has 1 fully saturated rings. The van der Waals surface area contributed by atoms with E-state index >= 15 is 0 Å². The van der Waals surface area contributed by atoms with E-state index < -0.39 is 10.0 Å². The van der Waals surface area contributed by atoms with Crippen molar-refractivity contribution in [3.05, 3.63) is 60.2 Å². The van der Waals surface area contributed by atoms with Gasteiger partial charge in [0.2, 0.25) is 21.7 Å². The number of hydrogen-bond donors (Lipinski definition) is 0. The van der Waals surface area contributed by atoms with E-state index in [-0.39, 0.29) is 5.92 Å². The maximum atomic E-state index is 12.7. The van der Waals surface area contributed by atoms with Crippen LogP contribution in [0.5, 0.6) is 0 Å². The Morgan fingerprint density at radius 3 is 2.46 bits per heavy atom. The van der Waals surface area contributed by atoms with Crippen LogP contribution in [-0.4, -0.2) is 40.9 Å². The second kappa shape index (κ2) is 6.62. The lowest BCUT2D eigenvalue weighted by atomic mass is 10.0. The molecule has 8 heteroatoms. The van der Waals surface area contributed by atoms with Crippen LogP contribution in [0.15, 0.2) is 58.2 Å². The molecule has 0 saturated carbocycles. The zero-order chi connectivity index (χ0) is 18.1. The lowest BCUT2D eigenvalue weighted by Gasteiger charge is -2.35. The standard InChI is InChI=1S/C18H18N4O3S/c1-2-13-3-5-16(6-4-13)26(23,24)22-11-15(12-22)18-20-17(21-25-18)14-7-9-19-10-8-14/h3-10,15H,2,11-12H2,1H3.